The molecule has 0 radical (unpaired) electrons. The van der Waals surface area contributed by atoms with Crippen LogP contribution in [-0.4, -0.2) is 11.2 Å². The molecule has 0 atom stereocenters. The Morgan fingerprint density at radius 2 is 2.00 bits per heavy atom. The van der Waals surface area contributed by atoms with Gasteiger partial charge in [0.1, 0.15) is 6.61 Å². The maximum Gasteiger partial charge on any atom is 0.411 e. The largest absolute Gasteiger partial charge is 0.444 e. The van der Waals surface area contributed by atoms with Crippen LogP contribution in [-0.2, 0) is 18.0 Å². The molecule has 1 aliphatic heterocycles. The van der Waals surface area contributed by atoms with Gasteiger partial charge < -0.3 is 9.84 Å². The van der Waals surface area contributed by atoms with Gasteiger partial charge in [-0.3, -0.25) is 5.32 Å². The molecule has 1 amide bonds. The van der Waals surface area contributed by atoms with E-state index < -0.39 is 6.09 Å². The van der Waals surface area contributed by atoms with Crippen molar-refractivity contribution in [3.8, 4) is 11.1 Å². The first kappa shape index (κ1) is 11.7. The molecule has 0 spiro atoms. The Labute approximate surface area is 110 Å². The fraction of sp³-hybridized carbons (Fsp3) is 0.133. The second kappa shape index (κ2) is 4.74. The van der Waals surface area contributed by atoms with Gasteiger partial charge in [0, 0.05) is 5.56 Å². The Hall–Kier alpha value is -2.33. The van der Waals surface area contributed by atoms with E-state index in [1.165, 1.54) is 0 Å². The van der Waals surface area contributed by atoms with Crippen LogP contribution in [0.5, 0.6) is 0 Å². The molecule has 0 saturated heterocycles. The molecule has 4 nitrogen and oxygen atoms in total. The van der Waals surface area contributed by atoms with Crippen LogP contribution >= 0.6 is 0 Å². The number of cyclic esters (lactones) is 1. The molecule has 2 aromatic carbocycles. The minimum Gasteiger partial charge on any atom is -0.444 e. The Bertz CT molecular complexity index is 637. The number of hydrogen-bond donors (Lipinski definition) is 2. The third-order valence-corrected chi connectivity index (χ3v) is 3.15. The summed E-state index contributed by atoms with van der Waals surface area (Å²) in [4.78, 5) is 11.2. The summed E-state index contributed by atoms with van der Waals surface area (Å²) < 4.78 is 4.90. The van der Waals surface area contributed by atoms with E-state index in [4.69, 9.17) is 9.84 Å². The number of aliphatic hydroxyl groups is 1. The van der Waals surface area contributed by atoms with Crippen molar-refractivity contribution in [3.05, 3.63) is 53.6 Å². The first-order valence-electron chi connectivity index (χ1n) is 6.03. The number of hydrogen-bond acceptors (Lipinski definition) is 3. The summed E-state index contributed by atoms with van der Waals surface area (Å²) in [6, 6.07) is 13.5. The Morgan fingerprint density at radius 1 is 1.16 bits per heavy atom. The van der Waals surface area contributed by atoms with E-state index in [0.717, 1.165) is 27.9 Å². The summed E-state index contributed by atoms with van der Waals surface area (Å²) >= 11 is 0. The van der Waals surface area contributed by atoms with Crippen molar-refractivity contribution in [2.75, 3.05) is 5.32 Å². The highest BCUT2D eigenvalue weighted by Gasteiger charge is 2.15. The molecule has 4 heteroatoms. The second-order valence-corrected chi connectivity index (χ2v) is 4.43. The maximum atomic E-state index is 11.2. The molecule has 0 unspecified atom stereocenters. The minimum atomic E-state index is -0.422. The predicted octanol–water partition coefficient (Wildman–Crippen LogP) is 2.91. The highest BCUT2D eigenvalue weighted by Crippen LogP contribution is 2.28. The van der Waals surface area contributed by atoms with Gasteiger partial charge in [-0.25, -0.2) is 4.79 Å². The molecule has 0 saturated carbocycles. The molecule has 2 aromatic rings. The summed E-state index contributed by atoms with van der Waals surface area (Å²) in [5.41, 5.74) is 4.61. The van der Waals surface area contributed by atoms with Crippen molar-refractivity contribution >= 4 is 11.8 Å². The number of aliphatic hydroxyl groups excluding tert-OH is 1. The average Bonchev–Trinajstić information content (AvgIpc) is 2.46. The van der Waals surface area contributed by atoms with Crippen LogP contribution in [0.4, 0.5) is 10.5 Å². The van der Waals surface area contributed by atoms with Crippen molar-refractivity contribution < 1.29 is 14.6 Å². The van der Waals surface area contributed by atoms with Crippen molar-refractivity contribution in [2.24, 2.45) is 0 Å². The lowest BCUT2D eigenvalue weighted by Crippen LogP contribution is -2.20. The zero-order valence-electron chi connectivity index (χ0n) is 10.2. The van der Waals surface area contributed by atoms with E-state index in [9.17, 15) is 4.79 Å². The highest BCUT2D eigenvalue weighted by molar-refractivity contribution is 5.89. The van der Waals surface area contributed by atoms with E-state index >= 15 is 0 Å². The molecule has 1 heterocycles. The lowest BCUT2D eigenvalue weighted by molar-refractivity contribution is 0.151. The van der Waals surface area contributed by atoms with Gasteiger partial charge in [-0.1, -0.05) is 30.3 Å². The van der Waals surface area contributed by atoms with Gasteiger partial charge in [0.15, 0.2) is 0 Å². The summed E-state index contributed by atoms with van der Waals surface area (Å²) in [7, 11) is 0. The third-order valence-electron chi connectivity index (χ3n) is 3.15. The molecule has 19 heavy (non-hydrogen) atoms. The molecule has 1 aliphatic rings. The number of rotatable bonds is 2. The summed E-state index contributed by atoms with van der Waals surface area (Å²) in [6.07, 6.45) is -0.422. The monoisotopic (exact) mass is 255 g/mol. The number of benzene rings is 2. The first-order chi connectivity index (χ1) is 9.26. The normalized spacial score (nSPS) is 13.4. The van der Waals surface area contributed by atoms with E-state index in [2.05, 4.69) is 5.32 Å². The van der Waals surface area contributed by atoms with E-state index in [1.54, 1.807) is 0 Å². The number of anilines is 1. The second-order valence-electron chi connectivity index (χ2n) is 4.43. The van der Waals surface area contributed by atoms with Crippen molar-refractivity contribution in [1.29, 1.82) is 0 Å². The van der Waals surface area contributed by atoms with Crippen molar-refractivity contribution in [2.45, 2.75) is 13.2 Å². The Kier molecular flexibility index (Phi) is 2.93. The SMILES string of the molecule is O=C1Nc2cc(-c3cccc(CO)c3)ccc2CO1. The van der Waals surface area contributed by atoms with Gasteiger partial charge in [0.05, 0.1) is 12.3 Å². The smallest absolute Gasteiger partial charge is 0.411 e. The number of carbonyl (C=O) groups is 1. The third kappa shape index (κ3) is 2.30. The van der Waals surface area contributed by atoms with Crippen LogP contribution in [0, 0.1) is 0 Å². The standard InChI is InChI=1S/C15H13NO3/c17-8-10-2-1-3-11(6-10)12-4-5-13-9-19-15(18)16-14(13)7-12/h1-7,17H,8-9H2,(H,16,18). The number of nitrogens with one attached hydrogen (secondary N) is 1. The number of carbonyl (C=O) groups excluding carboxylic acids is 1. The topological polar surface area (TPSA) is 58.6 Å². The predicted molar refractivity (Wildman–Crippen MR) is 71.6 cm³/mol. The first-order valence-corrected chi connectivity index (χ1v) is 6.03. The molecule has 2 N–H and O–H groups in total. The molecule has 0 aromatic heterocycles. The van der Waals surface area contributed by atoms with E-state index in [0.29, 0.717) is 6.61 Å². The lowest BCUT2D eigenvalue weighted by Gasteiger charge is -2.18. The molecule has 96 valence electrons. The van der Waals surface area contributed by atoms with Gasteiger partial charge in [-0.05, 0) is 28.8 Å². The van der Waals surface area contributed by atoms with Crippen molar-refractivity contribution in [3.63, 3.8) is 0 Å². The molecular formula is C15H13NO3. The fourth-order valence-electron chi connectivity index (χ4n) is 2.14. The van der Waals surface area contributed by atoms with Crippen LogP contribution in [0.3, 0.4) is 0 Å². The van der Waals surface area contributed by atoms with Gasteiger partial charge in [-0.2, -0.15) is 0 Å². The van der Waals surface area contributed by atoms with Gasteiger partial charge >= 0.3 is 6.09 Å². The molecule has 0 fully saturated rings. The number of amides is 1. The quantitative estimate of drug-likeness (QED) is 0.867. The summed E-state index contributed by atoms with van der Waals surface area (Å²) in [6.45, 7) is 0.321. The van der Waals surface area contributed by atoms with E-state index in [1.807, 2.05) is 42.5 Å². The summed E-state index contributed by atoms with van der Waals surface area (Å²) in [5.74, 6) is 0. The molecule has 0 bridgehead atoms. The highest BCUT2D eigenvalue weighted by atomic mass is 16.5. The van der Waals surface area contributed by atoms with Crippen LogP contribution in [0.1, 0.15) is 11.1 Å². The summed E-state index contributed by atoms with van der Waals surface area (Å²) in [5, 5.41) is 11.9. The van der Waals surface area contributed by atoms with Crippen LogP contribution in [0.15, 0.2) is 42.5 Å². The fourth-order valence-corrected chi connectivity index (χ4v) is 2.14. The van der Waals surface area contributed by atoms with Gasteiger partial charge in [0.2, 0.25) is 0 Å². The lowest BCUT2D eigenvalue weighted by atomic mass is 10.0. The number of ether oxygens (including phenoxy) is 1. The van der Waals surface area contributed by atoms with Gasteiger partial charge in [0.25, 0.3) is 0 Å². The van der Waals surface area contributed by atoms with Crippen LogP contribution in [0.25, 0.3) is 11.1 Å². The average molecular weight is 255 g/mol. The van der Waals surface area contributed by atoms with Crippen molar-refractivity contribution in [1.82, 2.24) is 0 Å². The zero-order valence-corrected chi connectivity index (χ0v) is 10.2. The van der Waals surface area contributed by atoms with E-state index in [-0.39, 0.29) is 6.61 Å². The molecule has 3 rings (SSSR count). The molecule has 0 aliphatic carbocycles. The van der Waals surface area contributed by atoms with Crippen LogP contribution in [0.2, 0.25) is 0 Å². The Balaban J connectivity index is 2.01. The maximum absolute atomic E-state index is 11.2. The van der Waals surface area contributed by atoms with Gasteiger partial charge in [-0.15, -0.1) is 0 Å². The minimum absolute atomic E-state index is 0.0172. The number of fused-ring (bicyclic) bond motifs is 1. The zero-order chi connectivity index (χ0) is 13.2. The molecular weight excluding hydrogens is 242 g/mol. The van der Waals surface area contributed by atoms with Crippen LogP contribution < -0.4 is 5.32 Å². The Morgan fingerprint density at radius 3 is 2.84 bits per heavy atom.